The van der Waals surface area contributed by atoms with Gasteiger partial charge in [0.15, 0.2) is 10.8 Å². The number of H-pyrrole nitrogens is 1. The zero-order valence-electron chi connectivity index (χ0n) is 17.2. The molecule has 0 aliphatic carbocycles. The third kappa shape index (κ3) is 2.97. The molecule has 0 aliphatic heterocycles. The Morgan fingerprint density at radius 1 is 1.06 bits per heavy atom. The highest BCUT2D eigenvalue weighted by molar-refractivity contribution is 7.23. The van der Waals surface area contributed by atoms with Gasteiger partial charge >= 0.3 is 0 Å². The number of fused-ring (bicyclic) bond motifs is 4. The van der Waals surface area contributed by atoms with Crippen molar-refractivity contribution >= 4 is 48.6 Å². The number of nitrogens with one attached hydrogen (secondary N) is 2. The van der Waals surface area contributed by atoms with Crippen molar-refractivity contribution < 1.29 is 0 Å². The third-order valence-corrected chi connectivity index (χ3v) is 6.74. The van der Waals surface area contributed by atoms with E-state index < -0.39 is 0 Å². The maximum atomic E-state index is 13.3. The molecule has 158 valence electrons. The molecule has 9 heteroatoms. The molecule has 32 heavy (non-hydrogen) atoms. The molecule has 0 bridgehead atoms. The fourth-order valence-electron chi connectivity index (χ4n) is 4.08. The highest BCUT2D eigenvalue weighted by Crippen LogP contribution is 2.33. The number of rotatable bonds is 5. The van der Waals surface area contributed by atoms with Gasteiger partial charge in [0.25, 0.3) is 5.56 Å². The van der Waals surface area contributed by atoms with E-state index in [-0.39, 0.29) is 5.56 Å². The first-order chi connectivity index (χ1) is 15.7. The minimum absolute atomic E-state index is 0.130. The molecular weight excluding hydrogens is 422 g/mol. The molecule has 0 amide bonds. The number of thiazole rings is 1. The molecule has 6 aromatic rings. The third-order valence-electron chi connectivity index (χ3n) is 5.71. The summed E-state index contributed by atoms with van der Waals surface area (Å²) >= 11 is 1.54. The Labute approximate surface area is 186 Å². The Morgan fingerprint density at radius 2 is 1.94 bits per heavy atom. The number of aromatic amines is 1. The molecule has 0 fully saturated rings. The number of aryl methyl sites for hydroxylation is 1. The lowest BCUT2D eigenvalue weighted by molar-refractivity contribution is 0.647. The van der Waals surface area contributed by atoms with E-state index >= 15 is 0 Å². The van der Waals surface area contributed by atoms with Gasteiger partial charge in [-0.2, -0.15) is 10.2 Å². The van der Waals surface area contributed by atoms with Crippen LogP contribution < -0.4 is 10.9 Å². The van der Waals surface area contributed by atoms with Crippen molar-refractivity contribution in [2.75, 3.05) is 5.32 Å². The van der Waals surface area contributed by atoms with E-state index in [4.69, 9.17) is 4.98 Å². The van der Waals surface area contributed by atoms with Gasteiger partial charge in [0.2, 0.25) is 0 Å². The van der Waals surface area contributed by atoms with Crippen molar-refractivity contribution in [3.05, 3.63) is 82.4 Å². The molecule has 0 saturated carbocycles. The van der Waals surface area contributed by atoms with Crippen molar-refractivity contribution in [2.24, 2.45) is 7.05 Å². The molecule has 0 saturated heterocycles. The normalized spacial score (nSPS) is 11.7. The molecule has 0 spiro atoms. The van der Waals surface area contributed by atoms with Crippen LogP contribution in [0.1, 0.15) is 11.1 Å². The summed E-state index contributed by atoms with van der Waals surface area (Å²) in [5.74, 6) is 0. The van der Waals surface area contributed by atoms with Crippen molar-refractivity contribution in [3.8, 4) is 0 Å². The summed E-state index contributed by atoms with van der Waals surface area (Å²) in [4.78, 5) is 18.0. The number of nitrogens with zero attached hydrogens (tertiary/aromatic N) is 5. The van der Waals surface area contributed by atoms with Gasteiger partial charge < -0.3 is 9.88 Å². The van der Waals surface area contributed by atoms with Gasteiger partial charge in [-0.05, 0) is 17.2 Å². The first-order valence-electron chi connectivity index (χ1n) is 10.2. The standard InChI is InChI=1S/C23H19N7OS/c1-29-19-17(20-21(29)27-23(32-20)24-10-14-6-3-2-4-7-14)12-26-30(22(19)31)13-15-8-5-9-18-16(15)11-25-28-18/h2-9,11-12H,10,13H2,1H3,(H,24,27)(H,25,28). The van der Waals surface area contributed by atoms with E-state index in [1.807, 2.05) is 48.0 Å². The predicted octanol–water partition coefficient (Wildman–Crippen LogP) is 3.88. The smallest absolute Gasteiger partial charge is 0.291 e. The van der Waals surface area contributed by atoms with Crippen LogP contribution in [0.25, 0.3) is 32.2 Å². The fraction of sp³-hybridized carbons (Fsp3) is 0.130. The summed E-state index contributed by atoms with van der Waals surface area (Å²) in [7, 11) is 1.88. The average molecular weight is 442 g/mol. The number of aromatic nitrogens is 6. The minimum Gasteiger partial charge on any atom is -0.357 e. The second-order valence-electron chi connectivity index (χ2n) is 7.69. The molecule has 2 aromatic carbocycles. The van der Waals surface area contributed by atoms with E-state index in [0.717, 1.165) is 37.3 Å². The van der Waals surface area contributed by atoms with Crippen LogP contribution >= 0.6 is 11.3 Å². The Kier molecular flexibility index (Phi) is 4.29. The van der Waals surface area contributed by atoms with Gasteiger partial charge in [-0.1, -0.05) is 53.8 Å². The van der Waals surface area contributed by atoms with Gasteiger partial charge in [0.05, 0.1) is 29.2 Å². The zero-order chi connectivity index (χ0) is 21.7. The van der Waals surface area contributed by atoms with Gasteiger partial charge in [-0.15, -0.1) is 0 Å². The van der Waals surface area contributed by atoms with Crippen LogP contribution in [0.3, 0.4) is 0 Å². The van der Waals surface area contributed by atoms with Crippen LogP contribution in [-0.2, 0) is 20.1 Å². The first-order valence-corrected chi connectivity index (χ1v) is 11.0. The molecule has 2 N–H and O–H groups in total. The van der Waals surface area contributed by atoms with Crippen molar-refractivity contribution in [1.29, 1.82) is 0 Å². The lowest BCUT2D eigenvalue weighted by atomic mass is 10.1. The van der Waals surface area contributed by atoms with Crippen molar-refractivity contribution in [1.82, 2.24) is 29.5 Å². The molecule has 8 nitrogen and oxygen atoms in total. The Balaban J connectivity index is 1.37. The van der Waals surface area contributed by atoms with Crippen LogP contribution in [0.15, 0.2) is 65.7 Å². The van der Waals surface area contributed by atoms with Gasteiger partial charge in [-0.3, -0.25) is 9.89 Å². The summed E-state index contributed by atoms with van der Waals surface area (Å²) < 4.78 is 4.34. The highest BCUT2D eigenvalue weighted by atomic mass is 32.1. The quantitative estimate of drug-likeness (QED) is 0.423. The first kappa shape index (κ1) is 18.8. The van der Waals surface area contributed by atoms with E-state index in [1.54, 1.807) is 23.7 Å². The summed E-state index contributed by atoms with van der Waals surface area (Å²) in [5, 5.41) is 17.6. The van der Waals surface area contributed by atoms with E-state index in [0.29, 0.717) is 18.6 Å². The molecule has 0 radical (unpaired) electrons. The zero-order valence-corrected chi connectivity index (χ0v) is 18.1. The summed E-state index contributed by atoms with van der Waals surface area (Å²) in [6.07, 6.45) is 3.55. The Hall–Kier alpha value is -3.98. The number of hydrogen-bond acceptors (Lipinski definition) is 6. The lowest BCUT2D eigenvalue weighted by Gasteiger charge is -2.07. The number of benzene rings is 2. The van der Waals surface area contributed by atoms with E-state index in [9.17, 15) is 4.79 Å². The maximum absolute atomic E-state index is 13.3. The SMILES string of the molecule is Cn1c2nc(NCc3ccccc3)sc2c2cnn(Cc3cccc4[nH]ncc34)c(=O)c21. The largest absolute Gasteiger partial charge is 0.357 e. The number of hydrogen-bond donors (Lipinski definition) is 2. The molecule has 0 atom stereocenters. The monoisotopic (exact) mass is 441 g/mol. The molecular formula is C23H19N7OS. The second kappa shape index (κ2) is 7.31. The molecule has 0 unspecified atom stereocenters. The van der Waals surface area contributed by atoms with Crippen molar-refractivity contribution in [2.45, 2.75) is 13.1 Å². The Morgan fingerprint density at radius 3 is 2.81 bits per heavy atom. The Bertz CT molecular complexity index is 1640. The van der Waals surface area contributed by atoms with Crippen LogP contribution in [0, 0.1) is 0 Å². The summed E-state index contributed by atoms with van der Waals surface area (Å²) in [5.41, 5.74) is 4.39. The highest BCUT2D eigenvalue weighted by Gasteiger charge is 2.18. The topological polar surface area (TPSA) is 93.4 Å². The van der Waals surface area contributed by atoms with Crippen LogP contribution in [-0.4, -0.2) is 29.5 Å². The maximum Gasteiger partial charge on any atom is 0.291 e. The molecule has 0 aliphatic rings. The predicted molar refractivity (Wildman–Crippen MR) is 127 cm³/mol. The fourth-order valence-corrected chi connectivity index (χ4v) is 5.08. The molecule has 4 heterocycles. The average Bonchev–Trinajstić information content (AvgIpc) is 3.52. The minimum atomic E-state index is -0.130. The summed E-state index contributed by atoms with van der Waals surface area (Å²) in [6.45, 7) is 1.07. The molecule has 4 aromatic heterocycles. The van der Waals surface area contributed by atoms with Gasteiger partial charge in [0, 0.05) is 24.4 Å². The number of anilines is 1. The van der Waals surface area contributed by atoms with Crippen LogP contribution in [0.2, 0.25) is 0 Å². The second-order valence-corrected chi connectivity index (χ2v) is 8.69. The van der Waals surface area contributed by atoms with Gasteiger partial charge in [0.1, 0.15) is 5.52 Å². The van der Waals surface area contributed by atoms with Gasteiger partial charge in [-0.25, -0.2) is 9.67 Å². The van der Waals surface area contributed by atoms with Crippen molar-refractivity contribution in [3.63, 3.8) is 0 Å². The van der Waals surface area contributed by atoms with Crippen LogP contribution in [0.5, 0.6) is 0 Å². The lowest BCUT2D eigenvalue weighted by Crippen LogP contribution is -2.24. The summed E-state index contributed by atoms with van der Waals surface area (Å²) in [6, 6.07) is 16.1. The van der Waals surface area contributed by atoms with Crippen LogP contribution in [0.4, 0.5) is 5.13 Å². The van der Waals surface area contributed by atoms with E-state index in [2.05, 4.69) is 32.7 Å². The van der Waals surface area contributed by atoms with E-state index in [1.165, 1.54) is 10.2 Å². The molecule has 6 rings (SSSR count).